The zero-order valence-electron chi connectivity index (χ0n) is 13.2. The van der Waals surface area contributed by atoms with Crippen LogP contribution in [0.5, 0.6) is 0 Å². The second-order valence-electron chi connectivity index (χ2n) is 5.61. The summed E-state index contributed by atoms with van der Waals surface area (Å²) in [6.07, 6.45) is -14.4. The molecule has 1 unspecified atom stereocenters. The highest BCUT2D eigenvalue weighted by Crippen LogP contribution is 2.40. The first kappa shape index (κ1) is 20.8. The fourth-order valence-electron chi connectivity index (χ4n) is 2.39. The summed E-state index contributed by atoms with van der Waals surface area (Å²) in [5.41, 5.74) is -4.45. The highest BCUT2D eigenvalue weighted by Gasteiger charge is 2.38. The highest BCUT2D eigenvalue weighted by molar-refractivity contribution is 6.03. The lowest BCUT2D eigenvalue weighted by atomic mass is 9.85. The highest BCUT2D eigenvalue weighted by atomic mass is 19.4. The number of ether oxygens (including phenoxy) is 1. The number of allylic oxidation sites excluding steroid dienone is 3. The van der Waals surface area contributed by atoms with Crippen LogP contribution in [0.15, 0.2) is 36.1 Å². The molecule has 0 heterocycles. The molecule has 1 aromatic carbocycles. The smallest absolute Gasteiger partial charge is 0.406 e. The number of halogens is 9. The molecule has 0 fully saturated rings. The molecule has 11 heteroatoms. The van der Waals surface area contributed by atoms with Gasteiger partial charge in [0, 0.05) is 12.0 Å². The van der Waals surface area contributed by atoms with Gasteiger partial charge in [-0.3, -0.25) is 4.79 Å². The quantitative estimate of drug-likeness (QED) is 0.587. The van der Waals surface area contributed by atoms with Crippen molar-refractivity contribution in [1.29, 1.82) is 0 Å². The number of hydrogen-bond acceptors (Lipinski definition) is 2. The number of carbonyl (C=O) groups is 1. The lowest BCUT2D eigenvalue weighted by molar-refractivity contribution is -0.303. The van der Waals surface area contributed by atoms with Crippen LogP contribution in [0.2, 0.25) is 0 Å². The van der Waals surface area contributed by atoms with E-state index in [0.717, 1.165) is 6.92 Å². The molecule has 0 saturated carbocycles. The van der Waals surface area contributed by atoms with E-state index < -0.39 is 58.4 Å². The summed E-state index contributed by atoms with van der Waals surface area (Å²) in [6.45, 7) is 1.14. The van der Waals surface area contributed by atoms with Crippen molar-refractivity contribution in [1.82, 2.24) is 0 Å². The molecule has 1 atom stereocenters. The van der Waals surface area contributed by atoms with Gasteiger partial charge in [-0.15, -0.1) is 13.2 Å². The lowest BCUT2D eigenvalue weighted by Gasteiger charge is -2.22. The van der Waals surface area contributed by atoms with Crippen molar-refractivity contribution in [3.63, 3.8) is 0 Å². The third kappa shape index (κ3) is 5.04. The van der Waals surface area contributed by atoms with Gasteiger partial charge in [0.05, 0.1) is 11.1 Å². The Labute approximate surface area is 145 Å². The Hall–Kier alpha value is -2.46. The monoisotopic (exact) mass is 404 g/mol. The van der Waals surface area contributed by atoms with Crippen molar-refractivity contribution in [3.8, 4) is 0 Å². The van der Waals surface area contributed by atoms with Gasteiger partial charge in [-0.2, -0.15) is 26.3 Å². The summed E-state index contributed by atoms with van der Waals surface area (Å²) >= 11 is 0. The van der Waals surface area contributed by atoms with Crippen LogP contribution in [-0.4, -0.2) is 12.1 Å². The number of benzene rings is 1. The molecular weight excluding hydrogens is 395 g/mol. The number of ketones is 1. The Morgan fingerprint density at radius 1 is 0.815 bits per heavy atom. The van der Waals surface area contributed by atoms with Crippen LogP contribution in [0, 0.1) is 5.92 Å². The standard InChI is InChI=1S/C16H9F9O2/c1-7-12(5-11(6-13(7)26)27-16(23,24)25)8-2-9(14(17,18)19)4-10(3-8)15(20,21)22/h2-7H,1H3. The zero-order chi connectivity index (χ0) is 20.8. The Morgan fingerprint density at radius 3 is 1.70 bits per heavy atom. The molecule has 1 aliphatic rings. The van der Waals surface area contributed by atoms with E-state index in [1.807, 2.05) is 0 Å². The van der Waals surface area contributed by atoms with Gasteiger partial charge in [-0.25, -0.2) is 0 Å². The molecule has 0 aliphatic heterocycles. The summed E-state index contributed by atoms with van der Waals surface area (Å²) in [5.74, 6) is -3.26. The second-order valence-corrected chi connectivity index (χ2v) is 5.61. The first-order valence-corrected chi connectivity index (χ1v) is 7.10. The van der Waals surface area contributed by atoms with Crippen molar-refractivity contribution in [2.45, 2.75) is 25.6 Å². The van der Waals surface area contributed by atoms with E-state index in [-0.39, 0.29) is 6.07 Å². The van der Waals surface area contributed by atoms with Crippen molar-refractivity contribution >= 4 is 11.4 Å². The minimum absolute atomic E-state index is 0.123. The number of hydrogen-bond donors (Lipinski definition) is 0. The van der Waals surface area contributed by atoms with E-state index in [2.05, 4.69) is 4.74 Å². The van der Waals surface area contributed by atoms with Crippen molar-refractivity contribution in [2.24, 2.45) is 5.92 Å². The van der Waals surface area contributed by atoms with Gasteiger partial charge in [-0.05, 0) is 35.4 Å². The molecule has 27 heavy (non-hydrogen) atoms. The fourth-order valence-corrected chi connectivity index (χ4v) is 2.39. The molecule has 0 saturated heterocycles. The third-order valence-corrected chi connectivity index (χ3v) is 3.63. The summed E-state index contributed by atoms with van der Waals surface area (Å²) in [7, 11) is 0. The van der Waals surface area contributed by atoms with Crippen LogP contribution in [0.3, 0.4) is 0 Å². The Balaban J connectivity index is 2.64. The average Bonchev–Trinajstić information content (AvgIpc) is 2.47. The molecular formula is C16H9F9O2. The molecule has 1 aliphatic carbocycles. The molecule has 0 amide bonds. The van der Waals surface area contributed by atoms with E-state index >= 15 is 0 Å². The fraction of sp³-hybridized carbons (Fsp3) is 0.312. The van der Waals surface area contributed by atoms with E-state index in [0.29, 0.717) is 24.3 Å². The number of alkyl halides is 9. The first-order valence-electron chi connectivity index (χ1n) is 7.10. The largest absolute Gasteiger partial charge is 0.573 e. The summed E-state index contributed by atoms with van der Waals surface area (Å²) < 4.78 is 118. The van der Waals surface area contributed by atoms with Gasteiger partial charge in [0.25, 0.3) is 0 Å². The van der Waals surface area contributed by atoms with Crippen LogP contribution in [0.4, 0.5) is 39.5 Å². The second kappa shape index (κ2) is 6.61. The maximum Gasteiger partial charge on any atom is 0.573 e. The molecule has 1 aromatic rings. The number of rotatable bonds is 2. The van der Waals surface area contributed by atoms with Crippen LogP contribution in [0.1, 0.15) is 23.6 Å². The maximum absolute atomic E-state index is 12.9. The van der Waals surface area contributed by atoms with Crippen LogP contribution < -0.4 is 0 Å². The Kier molecular flexibility index (Phi) is 5.10. The maximum atomic E-state index is 12.9. The number of carbonyl (C=O) groups excluding carboxylic acids is 1. The minimum Gasteiger partial charge on any atom is -0.406 e. The normalized spacial score (nSPS) is 18.9. The molecule has 0 aromatic heterocycles. The average molecular weight is 404 g/mol. The van der Waals surface area contributed by atoms with Crippen molar-refractivity contribution in [2.75, 3.05) is 0 Å². The van der Waals surface area contributed by atoms with Gasteiger partial charge in [0.2, 0.25) is 0 Å². The van der Waals surface area contributed by atoms with Gasteiger partial charge in [-0.1, -0.05) is 6.92 Å². The Morgan fingerprint density at radius 2 is 1.30 bits per heavy atom. The third-order valence-electron chi connectivity index (χ3n) is 3.63. The van der Waals surface area contributed by atoms with Crippen LogP contribution in [0.25, 0.3) is 5.57 Å². The lowest BCUT2D eigenvalue weighted by Crippen LogP contribution is -2.20. The van der Waals surface area contributed by atoms with Gasteiger partial charge in [0.1, 0.15) is 5.76 Å². The van der Waals surface area contributed by atoms with Crippen LogP contribution >= 0.6 is 0 Å². The van der Waals surface area contributed by atoms with Gasteiger partial charge >= 0.3 is 18.7 Å². The van der Waals surface area contributed by atoms with Gasteiger partial charge < -0.3 is 4.74 Å². The van der Waals surface area contributed by atoms with Gasteiger partial charge in [0.15, 0.2) is 5.78 Å². The molecule has 2 rings (SSSR count). The predicted octanol–water partition coefficient (Wildman–Crippen LogP) is 5.75. The zero-order valence-corrected chi connectivity index (χ0v) is 13.2. The molecule has 2 nitrogen and oxygen atoms in total. The van der Waals surface area contributed by atoms with E-state index in [1.54, 1.807) is 0 Å². The minimum atomic E-state index is -5.20. The van der Waals surface area contributed by atoms with E-state index in [9.17, 15) is 44.3 Å². The summed E-state index contributed by atoms with van der Waals surface area (Å²) in [5, 5.41) is 0. The molecule has 0 radical (unpaired) electrons. The SMILES string of the molecule is CC1C(=O)C=C(OC(F)(F)F)C=C1c1cc(C(F)(F)F)cc(C(F)(F)F)c1. The Bertz CT molecular complexity index is 778. The van der Waals surface area contributed by atoms with E-state index in [1.165, 1.54) is 0 Å². The van der Waals surface area contributed by atoms with Crippen molar-refractivity contribution < 1.29 is 49.0 Å². The van der Waals surface area contributed by atoms with Crippen molar-refractivity contribution in [3.05, 3.63) is 52.8 Å². The topological polar surface area (TPSA) is 26.3 Å². The predicted molar refractivity (Wildman–Crippen MR) is 73.8 cm³/mol. The van der Waals surface area contributed by atoms with E-state index in [4.69, 9.17) is 0 Å². The first-order chi connectivity index (χ1) is 12.1. The molecule has 148 valence electrons. The summed E-state index contributed by atoms with van der Waals surface area (Å²) in [4.78, 5) is 11.8. The molecule has 0 bridgehead atoms. The summed E-state index contributed by atoms with van der Waals surface area (Å²) in [6, 6.07) is 0.547. The molecule has 0 spiro atoms. The van der Waals surface area contributed by atoms with Crippen LogP contribution in [-0.2, 0) is 21.9 Å². The molecule has 0 N–H and O–H groups in total.